The molecule has 31 heavy (non-hydrogen) atoms. The summed E-state index contributed by atoms with van der Waals surface area (Å²) in [6.45, 7) is 6.16. The van der Waals surface area contributed by atoms with E-state index >= 15 is 0 Å². The SMILES string of the molecule is CCN(CC)c1ccc(C=NNC(=O)c2cc(-c3ccc(OC)cc3OC)n[nH]2)cc1. The molecule has 0 radical (unpaired) electrons. The molecule has 0 aliphatic rings. The number of benzene rings is 2. The van der Waals surface area contributed by atoms with Gasteiger partial charge in [-0.3, -0.25) is 9.89 Å². The first-order valence-electron chi connectivity index (χ1n) is 10.1. The Hall–Kier alpha value is -3.81. The highest BCUT2D eigenvalue weighted by atomic mass is 16.5. The van der Waals surface area contributed by atoms with Gasteiger partial charge in [0.05, 0.1) is 26.1 Å². The van der Waals surface area contributed by atoms with Crippen LogP contribution in [0.3, 0.4) is 0 Å². The number of amides is 1. The molecular formula is C23H27N5O3. The Morgan fingerprint density at radius 1 is 1.10 bits per heavy atom. The van der Waals surface area contributed by atoms with E-state index in [1.165, 1.54) is 0 Å². The van der Waals surface area contributed by atoms with E-state index in [1.807, 2.05) is 36.4 Å². The van der Waals surface area contributed by atoms with Crippen molar-refractivity contribution >= 4 is 17.8 Å². The fraction of sp³-hybridized carbons (Fsp3) is 0.261. The summed E-state index contributed by atoms with van der Waals surface area (Å²) in [5.74, 6) is 0.889. The van der Waals surface area contributed by atoms with Crippen LogP contribution in [0.15, 0.2) is 53.6 Å². The minimum absolute atomic E-state index is 0.293. The maximum absolute atomic E-state index is 12.4. The molecule has 1 amide bonds. The van der Waals surface area contributed by atoms with Gasteiger partial charge >= 0.3 is 0 Å². The zero-order valence-electron chi connectivity index (χ0n) is 18.2. The third kappa shape index (κ3) is 5.22. The summed E-state index contributed by atoms with van der Waals surface area (Å²) in [5.41, 5.74) is 6.19. The Morgan fingerprint density at radius 3 is 2.48 bits per heavy atom. The van der Waals surface area contributed by atoms with Gasteiger partial charge in [0.1, 0.15) is 17.2 Å². The molecule has 0 aliphatic carbocycles. The molecule has 2 aromatic carbocycles. The van der Waals surface area contributed by atoms with Crippen molar-refractivity contribution in [2.24, 2.45) is 5.10 Å². The summed E-state index contributed by atoms with van der Waals surface area (Å²) < 4.78 is 10.6. The molecule has 0 spiro atoms. The van der Waals surface area contributed by atoms with E-state index in [0.29, 0.717) is 22.9 Å². The molecule has 8 nitrogen and oxygen atoms in total. The van der Waals surface area contributed by atoms with Crippen LogP contribution in [0.2, 0.25) is 0 Å². The van der Waals surface area contributed by atoms with Crippen LogP contribution in [0.4, 0.5) is 5.69 Å². The van der Waals surface area contributed by atoms with Crippen LogP contribution in [-0.2, 0) is 0 Å². The Bertz CT molecular complexity index is 1040. The Labute approximate surface area is 181 Å². The second-order valence-electron chi connectivity index (χ2n) is 6.70. The normalized spacial score (nSPS) is 10.8. The molecule has 0 unspecified atom stereocenters. The standard InChI is InChI=1S/C23H27N5O3/c1-5-28(6-2)17-9-7-16(8-10-17)15-24-27-23(29)21-14-20(25-26-21)19-12-11-18(30-3)13-22(19)31-4/h7-15H,5-6H2,1-4H3,(H,25,26)(H,27,29). The summed E-state index contributed by atoms with van der Waals surface area (Å²) in [6.07, 6.45) is 1.60. The highest BCUT2D eigenvalue weighted by molar-refractivity contribution is 5.94. The average Bonchev–Trinajstić information content (AvgIpc) is 3.30. The first kappa shape index (κ1) is 21.9. The third-order valence-corrected chi connectivity index (χ3v) is 4.91. The van der Waals surface area contributed by atoms with E-state index < -0.39 is 0 Å². The maximum atomic E-state index is 12.4. The van der Waals surface area contributed by atoms with Gasteiger partial charge in [-0.25, -0.2) is 5.43 Å². The molecule has 0 aliphatic heterocycles. The Kier molecular flexibility index (Phi) is 7.26. The number of ether oxygens (including phenoxy) is 2. The number of carbonyl (C=O) groups is 1. The van der Waals surface area contributed by atoms with Gasteiger partial charge in [0.2, 0.25) is 0 Å². The van der Waals surface area contributed by atoms with Crippen LogP contribution < -0.4 is 19.8 Å². The number of hydrogen-bond acceptors (Lipinski definition) is 6. The minimum atomic E-state index is -0.387. The molecule has 1 aromatic heterocycles. The van der Waals surface area contributed by atoms with Crippen molar-refractivity contribution in [1.29, 1.82) is 0 Å². The molecular weight excluding hydrogens is 394 g/mol. The number of methoxy groups -OCH3 is 2. The van der Waals surface area contributed by atoms with Crippen LogP contribution in [0, 0.1) is 0 Å². The van der Waals surface area contributed by atoms with Gasteiger partial charge in [-0.15, -0.1) is 0 Å². The molecule has 0 bridgehead atoms. The summed E-state index contributed by atoms with van der Waals surface area (Å²) in [4.78, 5) is 14.7. The molecule has 1 heterocycles. The summed E-state index contributed by atoms with van der Waals surface area (Å²) in [5, 5.41) is 11.0. The smallest absolute Gasteiger partial charge is 0.289 e. The van der Waals surface area contributed by atoms with Crippen molar-refractivity contribution in [3.8, 4) is 22.8 Å². The number of carbonyl (C=O) groups excluding carboxylic acids is 1. The highest BCUT2D eigenvalue weighted by Crippen LogP contribution is 2.32. The van der Waals surface area contributed by atoms with E-state index in [9.17, 15) is 4.79 Å². The van der Waals surface area contributed by atoms with Gasteiger partial charge in [-0.05, 0) is 49.7 Å². The lowest BCUT2D eigenvalue weighted by Gasteiger charge is -2.20. The zero-order chi connectivity index (χ0) is 22.2. The number of H-pyrrole nitrogens is 1. The van der Waals surface area contributed by atoms with Gasteiger partial charge in [0.25, 0.3) is 5.91 Å². The van der Waals surface area contributed by atoms with Crippen LogP contribution in [0.1, 0.15) is 29.9 Å². The van der Waals surface area contributed by atoms with Crippen LogP contribution in [0.25, 0.3) is 11.3 Å². The monoisotopic (exact) mass is 421 g/mol. The highest BCUT2D eigenvalue weighted by Gasteiger charge is 2.14. The fourth-order valence-corrected chi connectivity index (χ4v) is 3.17. The van der Waals surface area contributed by atoms with Gasteiger partial charge in [0.15, 0.2) is 0 Å². The number of nitrogens with one attached hydrogen (secondary N) is 2. The predicted octanol–water partition coefficient (Wildman–Crippen LogP) is 3.70. The molecule has 162 valence electrons. The molecule has 8 heteroatoms. The second-order valence-corrected chi connectivity index (χ2v) is 6.70. The lowest BCUT2D eigenvalue weighted by atomic mass is 10.1. The predicted molar refractivity (Wildman–Crippen MR) is 122 cm³/mol. The van der Waals surface area contributed by atoms with Gasteiger partial charge in [0, 0.05) is 30.4 Å². The van der Waals surface area contributed by atoms with Crippen molar-refractivity contribution in [3.05, 3.63) is 59.8 Å². The quantitative estimate of drug-likeness (QED) is 0.406. The number of anilines is 1. The maximum Gasteiger partial charge on any atom is 0.289 e. The molecule has 3 rings (SSSR count). The van der Waals surface area contributed by atoms with Crippen molar-refractivity contribution in [1.82, 2.24) is 15.6 Å². The first-order chi connectivity index (χ1) is 15.1. The Morgan fingerprint density at radius 2 is 1.84 bits per heavy atom. The third-order valence-electron chi connectivity index (χ3n) is 4.91. The van der Waals surface area contributed by atoms with Gasteiger partial charge in [-0.2, -0.15) is 10.2 Å². The second kappa shape index (κ2) is 10.3. The summed E-state index contributed by atoms with van der Waals surface area (Å²) in [6, 6.07) is 15.1. The fourth-order valence-electron chi connectivity index (χ4n) is 3.17. The minimum Gasteiger partial charge on any atom is -0.497 e. The summed E-state index contributed by atoms with van der Waals surface area (Å²) >= 11 is 0. The number of nitrogens with zero attached hydrogens (tertiary/aromatic N) is 3. The molecule has 0 atom stereocenters. The number of aromatic amines is 1. The lowest BCUT2D eigenvalue weighted by molar-refractivity contribution is 0.0950. The number of hydrogen-bond donors (Lipinski definition) is 2. The number of hydrazone groups is 1. The van der Waals surface area contributed by atoms with Crippen molar-refractivity contribution in [2.75, 3.05) is 32.2 Å². The molecule has 2 N–H and O–H groups in total. The number of aromatic nitrogens is 2. The van der Waals surface area contributed by atoms with E-state index in [4.69, 9.17) is 9.47 Å². The topological polar surface area (TPSA) is 91.8 Å². The van der Waals surface area contributed by atoms with Crippen molar-refractivity contribution in [2.45, 2.75) is 13.8 Å². The van der Waals surface area contributed by atoms with E-state index in [-0.39, 0.29) is 5.91 Å². The van der Waals surface area contributed by atoms with Crippen LogP contribution in [-0.4, -0.2) is 49.6 Å². The Balaban J connectivity index is 1.65. The number of rotatable bonds is 9. The van der Waals surface area contributed by atoms with Crippen LogP contribution >= 0.6 is 0 Å². The molecule has 0 saturated heterocycles. The average molecular weight is 422 g/mol. The van der Waals surface area contributed by atoms with Gasteiger partial charge in [-0.1, -0.05) is 12.1 Å². The summed E-state index contributed by atoms with van der Waals surface area (Å²) in [7, 11) is 3.16. The largest absolute Gasteiger partial charge is 0.497 e. The molecule has 0 saturated carbocycles. The zero-order valence-corrected chi connectivity index (χ0v) is 18.2. The van der Waals surface area contributed by atoms with Gasteiger partial charge < -0.3 is 14.4 Å². The van der Waals surface area contributed by atoms with Crippen molar-refractivity contribution < 1.29 is 14.3 Å². The van der Waals surface area contributed by atoms with E-state index in [1.54, 1.807) is 32.6 Å². The molecule has 0 fully saturated rings. The lowest BCUT2D eigenvalue weighted by Crippen LogP contribution is -2.21. The van der Waals surface area contributed by atoms with E-state index in [2.05, 4.69) is 39.5 Å². The van der Waals surface area contributed by atoms with Crippen LogP contribution in [0.5, 0.6) is 11.5 Å². The first-order valence-corrected chi connectivity index (χ1v) is 10.1. The molecule has 3 aromatic rings. The van der Waals surface area contributed by atoms with Crippen molar-refractivity contribution in [3.63, 3.8) is 0 Å². The van der Waals surface area contributed by atoms with E-state index in [0.717, 1.165) is 29.9 Å².